The first-order valence-corrected chi connectivity index (χ1v) is 10.2. The lowest BCUT2D eigenvalue weighted by atomic mass is 10.1. The molecule has 1 aliphatic heterocycles. The van der Waals surface area contributed by atoms with Crippen LogP contribution in [0.1, 0.15) is 40.5 Å². The molecule has 1 aliphatic carbocycles. The Labute approximate surface area is 198 Å². The molecule has 166 valence electrons. The molecular formula is C22H27FIN5O2. The van der Waals surface area contributed by atoms with Crippen molar-refractivity contribution in [2.24, 2.45) is 10.7 Å². The number of anilines is 1. The standard InChI is InChI=1S/C22H26FN5O2.HI/c1-30-21(29)19-9-6-17(26-20(19)15-2-3-15)14-25-22(24)28-12-10-27(11-13-28)18-7-4-16(23)5-8-18;/h4-9,15H,2-3,10-14H2,1H3,(H2,24,25);1H. The molecule has 7 nitrogen and oxygen atoms in total. The van der Waals surface area contributed by atoms with E-state index in [0.29, 0.717) is 24.0 Å². The third kappa shape index (κ3) is 5.63. The minimum absolute atomic E-state index is 0. The van der Waals surface area contributed by atoms with Gasteiger partial charge in [-0.15, -0.1) is 24.0 Å². The van der Waals surface area contributed by atoms with E-state index < -0.39 is 0 Å². The summed E-state index contributed by atoms with van der Waals surface area (Å²) in [5.74, 6) is 0.241. The molecule has 0 spiro atoms. The summed E-state index contributed by atoms with van der Waals surface area (Å²) in [4.78, 5) is 25.4. The largest absolute Gasteiger partial charge is 0.465 e. The molecule has 2 fully saturated rings. The molecule has 0 amide bonds. The van der Waals surface area contributed by atoms with Gasteiger partial charge in [-0.1, -0.05) is 0 Å². The average Bonchev–Trinajstić information content (AvgIpc) is 3.63. The first-order chi connectivity index (χ1) is 14.5. The maximum Gasteiger partial charge on any atom is 0.339 e. The van der Waals surface area contributed by atoms with Crippen molar-refractivity contribution < 1.29 is 13.9 Å². The monoisotopic (exact) mass is 539 g/mol. The number of carbonyl (C=O) groups is 1. The normalized spacial score (nSPS) is 16.6. The van der Waals surface area contributed by atoms with Crippen molar-refractivity contribution in [2.45, 2.75) is 25.3 Å². The van der Waals surface area contributed by atoms with Crippen LogP contribution in [0.5, 0.6) is 0 Å². The van der Waals surface area contributed by atoms with E-state index in [1.54, 1.807) is 24.3 Å². The fraction of sp³-hybridized carbons (Fsp3) is 0.409. The second-order valence-electron chi connectivity index (χ2n) is 7.63. The molecule has 2 N–H and O–H groups in total. The predicted octanol–water partition coefficient (Wildman–Crippen LogP) is 3.14. The number of carbonyl (C=O) groups excluding carboxylic acids is 1. The van der Waals surface area contributed by atoms with E-state index in [-0.39, 0.29) is 35.8 Å². The highest BCUT2D eigenvalue weighted by molar-refractivity contribution is 14.0. The van der Waals surface area contributed by atoms with Crippen molar-refractivity contribution in [3.05, 3.63) is 59.2 Å². The third-order valence-electron chi connectivity index (χ3n) is 5.55. The van der Waals surface area contributed by atoms with Crippen LogP contribution in [0.4, 0.5) is 10.1 Å². The Morgan fingerprint density at radius 2 is 1.84 bits per heavy atom. The van der Waals surface area contributed by atoms with Crippen molar-refractivity contribution >= 4 is 41.6 Å². The lowest BCUT2D eigenvalue weighted by molar-refractivity contribution is 0.0598. The number of nitrogens with two attached hydrogens (primary N) is 1. The maximum atomic E-state index is 13.1. The molecular weight excluding hydrogens is 512 g/mol. The number of methoxy groups -OCH3 is 1. The topological polar surface area (TPSA) is 84.0 Å². The first-order valence-electron chi connectivity index (χ1n) is 10.2. The third-order valence-corrected chi connectivity index (χ3v) is 5.55. The highest BCUT2D eigenvalue weighted by atomic mass is 127. The van der Waals surface area contributed by atoms with Gasteiger partial charge in [-0.05, 0) is 49.2 Å². The van der Waals surface area contributed by atoms with Gasteiger partial charge in [0.25, 0.3) is 0 Å². The molecule has 2 heterocycles. The van der Waals surface area contributed by atoms with Gasteiger partial charge in [-0.2, -0.15) is 0 Å². The van der Waals surface area contributed by atoms with E-state index in [2.05, 4.69) is 14.9 Å². The Kier molecular flexibility index (Phi) is 7.69. The average molecular weight is 539 g/mol. The van der Waals surface area contributed by atoms with Crippen LogP contribution in [0.25, 0.3) is 0 Å². The predicted molar refractivity (Wildman–Crippen MR) is 128 cm³/mol. The van der Waals surface area contributed by atoms with Gasteiger partial charge in [-0.3, -0.25) is 4.98 Å². The van der Waals surface area contributed by atoms with Crippen molar-refractivity contribution in [1.29, 1.82) is 0 Å². The van der Waals surface area contributed by atoms with Crippen molar-refractivity contribution in [3.63, 3.8) is 0 Å². The van der Waals surface area contributed by atoms with Gasteiger partial charge in [-0.25, -0.2) is 14.2 Å². The van der Waals surface area contributed by atoms with Gasteiger partial charge >= 0.3 is 5.97 Å². The van der Waals surface area contributed by atoms with Crippen LogP contribution in [0.2, 0.25) is 0 Å². The van der Waals surface area contributed by atoms with Crippen LogP contribution in [0.3, 0.4) is 0 Å². The molecule has 4 rings (SSSR count). The van der Waals surface area contributed by atoms with Gasteiger partial charge < -0.3 is 20.3 Å². The van der Waals surface area contributed by atoms with E-state index >= 15 is 0 Å². The number of piperazine rings is 1. The van der Waals surface area contributed by atoms with Crippen LogP contribution in [-0.4, -0.2) is 55.1 Å². The minimum Gasteiger partial charge on any atom is -0.465 e. The van der Waals surface area contributed by atoms with Crippen LogP contribution in [0.15, 0.2) is 41.4 Å². The number of hydrogen-bond donors (Lipinski definition) is 1. The number of guanidine groups is 1. The van der Waals surface area contributed by atoms with E-state index in [1.165, 1.54) is 19.2 Å². The molecule has 0 radical (unpaired) electrons. The zero-order valence-corrected chi connectivity index (χ0v) is 19.8. The summed E-state index contributed by atoms with van der Waals surface area (Å²) in [6, 6.07) is 10.1. The number of nitrogens with zero attached hydrogens (tertiary/aromatic N) is 4. The summed E-state index contributed by atoms with van der Waals surface area (Å²) in [5, 5.41) is 0. The van der Waals surface area contributed by atoms with E-state index in [4.69, 9.17) is 10.5 Å². The minimum atomic E-state index is -0.349. The van der Waals surface area contributed by atoms with Crippen LogP contribution < -0.4 is 10.6 Å². The summed E-state index contributed by atoms with van der Waals surface area (Å²) in [7, 11) is 1.38. The number of ether oxygens (including phenoxy) is 1. The van der Waals surface area contributed by atoms with Gasteiger partial charge in [0.05, 0.1) is 30.6 Å². The van der Waals surface area contributed by atoms with Gasteiger partial charge in [0.15, 0.2) is 5.96 Å². The second-order valence-corrected chi connectivity index (χ2v) is 7.63. The number of aliphatic imine (C=N–C) groups is 1. The fourth-order valence-corrected chi connectivity index (χ4v) is 3.66. The lowest BCUT2D eigenvalue weighted by Crippen LogP contribution is -2.51. The summed E-state index contributed by atoms with van der Waals surface area (Å²) in [5.41, 5.74) is 9.36. The van der Waals surface area contributed by atoms with E-state index in [1.807, 2.05) is 4.90 Å². The molecule has 1 saturated heterocycles. The van der Waals surface area contributed by atoms with E-state index in [9.17, 15) is 9.18 Å². The van der Waals surface area contributed by atoms with Crippen molar-refractivity contribution in [1.82, 2.24) is 9.88 Å². The van der Waals surface area contributed by atoms with Crippen molar-refractivity contribution in [3.8, 4) is 0 Å². The Bertz CT molecular complexity index is 941. The lowest BCUT2D eigenvalue weighted by Gasteiger charge is -2.36. The first kappa shape index (κ1) is 23.2. The zero-order chi connectivity index (χ0) is 21.1. The molecule has 0 unspecified atom stereocenters. The molecule has 2 aromatic rings. The summed E-state index contributed by atoms with van der Waals surface area (Å²) in [6.07, 6.45) is 2.09. The Morgan fingerprint density at radius 1 is 1.16 bits per heavy atom. The molecule has 0 bridgehead atoms. The van der Waals surface area contributed by atoms with Gasteiger partial charge in [0.1, 0.15) is 5.82 Å². The number of halogens is 2. The summed E-state index contributed by atoms with van der Waals surface area (Å²) < 4.78 is 18.0. The number of pyridine rings is 1. The molecule has 9 heteroatoms. The summed E-state index contributed by atoms with van der Waals surface area (Å²) >= 11 is 0. The fourth-order valence-electron chi connectivity index (χ4n) is 3.66. The van der Waals surface area contributed by atoms with E-state index in [0.717, 1.165) is 56.1 Å². The number of aromatic nitrogens is 1. The quantitative estimate of drug-likeness (QED) is 0.272. The highest BCUT2D eigenvalue weighted by Gasteiger charge is 2.30. The second kappa shape index (κ2) is 10.3. The molecule has 1 saturated carbocycles. The van der Waals surface area contributed by atoms with Crippen LogP contribution >= 0.6 is 24.0 Å². The van der Waals surface area contributed by atoms with Gasteiger partial charge in [0, 0.05) is 37.8 Å². The number of hydrogen-bond acceptors (Lipinski definition) is 5. The molecule has 31 heavy (non-hydrogen) atoms. The number of rotatable bonds is 5. The summed E-state index contributed by atoms with van der Waals surface area (Å²) in [6.45, 7) is 3.44. The van der Waals surface area contributed by atoms with Crippen LogP contribution in [0, 0.1) is 5.82 Å². The molecule has 2 aliphatic rings. The SMILES string of the molecule is COC(=O)c1ccc(CN=C(N)N2CCN(c3ccc(F)cc3)CC2)nc1C1CC1.I. The molecule has 0 atom stereocenters. The Morgan fingerprint density at radius 3 is 2.45 bits per heavy atom. The number of esters is 1. The Balaban J connectivity index is 0.00000272. The van der Waals surface area contributed by atoms with Gasteiger partial charge in [0.2, 0.25) is 0 Å². The maximum absolute atomic E-state index is 13.1. The molecule has 1 aromatic carbocycles. The smallest absolute Gasteiger partial charge is 0.339 e. The molecule has 1 aromatic heterocycles. The van der Waals surface area contributed by atoms with Crippen LogP contribution in [-0.2, 0) is 11.3 Å². The highest BCUT2D eigenvalue weighted by Crippen LogP contribution is 2.40. The van der Waals surface area contributed by atoms with Crippen molar-refractivity contribution in [2.75, 3.05) is 38.2 Å². The Hall–Kier alpha value is -2.43. The zero-order valence-electron chi connectivity index (χ0n) is 17.5. The number of benzene rings is 1.